The lowest BCUT2D eigenvalue weighted by molar-refractivity contribution is 0.278. The predicted molar refractivity (Wildman–Crippen MR) is 81.0 cm³/mol. The van der Waals surface area contributed by atoms with Gasteiger partial charge in [-0.15, -0.1) is 0 Å². The van der Waals surface area contributed by atoms with E-state index in [9.17, 15) is 0 Å². The van der Waals surface area contributed by atoms with Crippen LogP contribution in [0.2, 0.25) is 0 Å². The molecule has 0 saturated heterocycles. The lowest BCUT2D eigenvalue weighted by atomic mass is 10.2. The maximum atomic E-state index is 6.15. The van der Waals surface area contributed by atoms with E-state index in [1.807, 2.05) is 24.3 Å². The van der Waals surface area contributed by atoms with Crippen LogP contribution in [0.25, 0.3) is 11.5 Å². The van der Waals surface area contributed by atoms with Crippen LogP contribution in [0, 0.1) is 0 Å². The summed E-state index contributed by atoms with van der Waals surface area (Å²) in [6.07, 6.45) is 0. The molecule has 114 valence electrons. The van der Waals surface area contributed by atoms with Gasteiger partial charge in [0, 0.05) is 6.54 Å². The van der Waals surface area contributed by atoms with E-state index in [-0.39, 0.29) is 6.04 Å². The van der Waals surface area contributed by atoms with Gasteiger partial charge in [-0.25, -0.2) is 0 Å². The summed E-state index contributed by atoms with van der Waals surface area (Å²) in [7, 11) is 1.61. The Balaban J connectivity index is 2.17. The Morgan fingerprint density at radius 1 is 1.29 bits per heavy atom. The van der Waals surface area contributed by atoms with Crippen molar-refractivity contribution in [2.75, 3.05) is 26.7 Å². The summed E-state index contributed by atoms with van der Waals surface area (Å²) in [6.45, 7) is 6.81. The highest BCUT2D eigenvalue weighted by atomic mass is 16.5. The lowest BCUT2D eigenvalue weighted by Crippen LogP contribution is -2.32. The highest BCUT2D eigenvalue weighted by Crippen LogP contribution is 2.28. The van der Waals surface area contributed by atoms with E-state index in [4.69, 9.17) is 15.0 Å². The summed E-state index contributed by atoms with van der Waals surface area (Å²) in [5, 5.41) is 4.00. The second-order valence-electron chi connectivity index (χ2n) is 4.75. The molecule has 2 aromatic rings. The zero-order valence-corrected chi connectivity index (χ0v) is 12.7. The third-order valence-corrected chi connectivity index (χ3v) is 3.46. The van der Waals surface area contributed by atoms with Gasteiger partial charge in [0.05, 0.1) is 18.7 Å². The summed E-state index contributed by atoms with van der Waals surface area (Å²) in [4.78, 5) is 6.63. The van der Waals surface area contributed by atoms with Crippen LogP contribution in [0.1, 0.15) is 25.7 Å². The topological polar surface area (TPSA) is 77.4 Å². The van der Waals surface area contributed by atoms with Crippen LogP contribution in [0.5, 0.6) is 5.75 Å². The van der Waals surface area contributed by atoms with Crippen molar-refractivity contribution in [1.29, 1.82) is 0 Å². The number of para-hydroxylation sites is 1. The Kier molecular flexibility index (Phi) is 5.30. The Morgan fingerprint density at radius 2 is 2.00 bits per heavy atom. The maximum absolute atomic E-state index is 6.15. The number of aromatic nitrogens is 2. The average molecular weight is 290 g/mol. The van der Waals surface area contributed by atoms with Gasteiger partial charge in [-0.3, -0.25) is 0 Å². The van der Waals surface area contributed by atoms with Crippen molar-refractivity contribution in [3.8, 4) is 17.2 Å². The van der Waals surface area contributed by atoms with Crippen molar-refractivity contribution in [2.24, 2.45) is 5.73 Å². The number of benzene rings is 1. The SMILES string of the molecule is CCN(CC)CC(N)c1noc(-c2ccccc2OC)n1. The Labute approximate surface area is 124 Å². The second-order valence-corrected chi connectivity index (χ2v) is 4.75. The van der Waals surface area contributed by atoms with E-state index in [1.54, 1.807) is 7.11 Å². The van der Waals surface area contributed by atoms with Crippen LogP contribution < -0.4 is 10.5 Å². The molecule has 1 aromatic heterocycles. The maximum Gasteiger partial charge on any atom is 0.261 e. The molecule has 0 fully saturated rings. The van der Waals surface area contributed by atoms with Crippen LogP contribution in [0.3, 0.4) is 0 Å². The molecule has 1 atom stereocenters. The van der Waals surface area contributed by atoms with Crippen LogP contribution in [0.4, 0.5) is 0 Å². The number of rotatable bonds is 7. The highest BCUT2D eigenvalue weighted by Gasteiger charge is 2.19. The molecule has 1 aromatic carbocycles. The third kappa shape index (κ3) is 3.59. The quantitative estimate of drug-likeness (QED) is 0.841. The molecule has 6 heteroatoms. The van der Waals surface area contributed by atoms with Crippen LogP contribution in [-0.2, 0) is 0 Å². The first-order valence-corrected chi connectivity index (χ1v) is 7.14. The molecule has 0 bridgehead atoms. The van der Waals surface area contributed by atoms with Crippen molar-refractivity contribution in [1.82, 2.24) is 15.0 Å². The number of hydrogen-bond acceptors (Lipinski definition) is 6. The zero-order valence-electron chi connectivity index (χ0n) is 12.7. The molecule has 0 amide bonds. The molecule has 2 rings (SSSR count). The van der Waals surface area contributed by atoms with Gasteiger partial charge in [0.2, 0.25) is 0 Å². The third-order valence-electron chi connectivity index (χ3n) is 3.46. The smallest absolute Gasteiger partial charge is 0.261 e. The van der Waals surface area contributed by atoms with Crippen molar-refractivity contribution in [3.63, 3.8) is 0 Å². The first-order valence-electron chi connectivity index (χ1n) is 7.14. The fourth-order valence-electron chi connectivity index (χ4n) is 2.16. The van der Waals surface area contributed by atoms with E-state index in [1.165, 1.54) is 0 Å². The summed E-state index contributed by atoms with van der Waals surface area (Å²) in [5.74, 6) is 1.64. The van der Waals surface area contributed by atoms with Gasteiger partial charge in [-0.1, -0.05) is 31.1 Å². The van der Waals surface area contributed by atoms with Gasteiger partial charge in [0.1, 0.15) is 5.75 Å². The number of nitrogens with two attached hydrogens (primary N) is 1. The molecule has 0 spiro atoms. The summed E-state index contributed by atoms with van der Waals surface area (Å²) >= 11 is 0. The average Bonchev–Trinajstić information content (AvgIpc) is 3.02. The fourth-order valence-corrected chi connectivity index (χ4v) is 2.16. The van der Waals surface area contributed by atoms with Gasteiger partial charge in [-0.2, -0.15) is 4.98 Å². The van der Waals surface area contributed by atoms with E-state index in [0.717, 1.165) is 18.7 Å². The minimum Gasteiger partial charge on any atom is -0.496 e. The minimum absolute atomic E-state index is 0.267. The van der Waals surface area contributed by atoms with Gasteiger partial charge >= 0.3 is 0 Å². The lowest BCUT2D eigenvalue weighted by Gasteiger charge is -2.20. The molecule has 1 unspecified atom stereocenters. The van der Waals surface area contributed by atoms with Crippen molar-refractivity contribution in [3.05, 3.63) is 30.1 Å². The normalized spacial score (nSPS) is 12.6. The fraction of sp³-hybridized carbons (Fsp3) is 0.467. The van der Waals surface area contributed by atoms with Crippen LogP contribution in [-0.4, -0.2) is 41.8 Å². The van der Waals surface area contributed by atoms with Gasteiger partial charge in [-0.05, 0) is 25.2 Å². The highest BCUT2D eigenvalue weighted by molar-refractivity contribution is 5.62. The van der Waals surface area contributed by atoms with Gasteiger partial charge in [0.15, 0.2) is 5.82 Å². The molecule has 0 aliphatic heterocycles. The molecule has 0 saturated carbocycles. The molecular formula is C15H22N4O2. The summed E-state index contributed by atoms with van der Waals surface area (Å²) in [5.41, 5.74) is 6.92. The summed E-state index contributed by atoms with van der Waals surface area (Å²) in [6, 6.07) is 7.27. The van der Waals surface area contributed by atoms with E-state index >= 15 is 0 Å². The first-order chi connectivity index (χ1) is 10.2. The molecule has 0 radical (unpaired) electrons. The Bertz CT molecular complexity index is 566. The Morgan fingerprint density at radius 3 is 2.67 bits per heavy atom. The Hall–Kier alpha value is -1.92. The molecule has 0 aliphatic rings. The molecule has 0 aliphatic carbocycles. The summed E-state index contributed by atoms with van der Waals surface area (Å²) < 4.78 is 10.6. The number of nitrogens with zero attached hydrogens (tertiary/aromatic N) is 3. The van der Waals surface area contributed by atoms with Crippen molar-refractivity contribution < 1.29 is 9.26 Å². The second kappa shape index (κ2) is 7.19. The van der Waals surface area contributed by atoms with Crippen LogP contribution in [0.15, 0.2) is 28.8 Å². The number of ether oxygens (including phenoxy) is 1. The van der Waals surface area contributed by atoms with Crippen molar-refractivity contribution in [2.45, 2.75) is 19.9 Å². The molecule has 1 heterocycles. The number of hydrogen-bond donors (Lipinski definition) is 1. The predicted octanol–water partition coefficient (Wildman–Crippen LogP) is 2.09. The standard InChI is InChI=1S/C15H22N4O2/c1-4-19(5-2)10-12(16)14-17-15(21-18-14)11-8-6-7-9-13(11)20-3/h6-9,12H,4-5,10,16H2,1-3H3. The molecular weight excluding hydrogens is 268 g/mol. The molecule has 2 N–H and O–H groups in total. The number of methoxy groups -OCH3 is 1. The monoisotopic (exact) mass is 290 g/mol. The zero-order chi connectivity index (χ0) is 15.2. The number of likely N-dealkylation sites (N-methyl/N-ethyl adjacent to an activating group) is 1. The van der Waals surface area contributed by atoms with E-state index < -0.39 is 0 Å². The first kappa shape index (κ1) is 15.5. The van der Waals surface area contributed by atoms with Crippen molar-refractivity contribution >= 4 is 0 Å². The van der Waals surface area contributed by atoms with Gasteiger partial charge < -0.3 is 19.9 Å². The van der Waals surface area contributed by atoms with Crippen LogP contribution >= 0.6 is 0 Å². The van der Waals surface area contributed by atoms with Gasteiger partial charge in [0.25, 0.3) is 5.89 Å². The van der Waals surface area contributed by atoms with E-state index in [0.29, 0.717) is 24.0 Å². The van der Waals surface area contributed by atoms with E-state index in [2.05, 4.69) is 28.9 Å². The molecule has 21 heavy (non-hydrogen) atoms. The minimum atomic E-state index is -0.267. The molecule has 6 nitrogen and oxygen atoms in total. The largest absolute Gasteiger partial charge is 0.496 e.